The van der Waals surface area contributed by atoms with Gasteiger partial charge in [-0.1, -0.05) is 18.2 Å². The maximum absolute atomic E-state index is 14.9. The van der Waals surface area contributed by atoms with Gasteiger partial charge in [-0.05, 0) is 43.2 Å². The fourth-order valence-corrected chi connectivity index (χ4v) is 4.28. The largest absolute Gasteiger partial charge is 0.435 e. The predicted molar refractivity (Wildman–Crippen MR) is 140 cm³/mol. The lowest BCUT2D eigenvalue weighted by Crippen LogP contribution is -2.38. The highest BCUT2D eigenvalue weighted by molar-refractivity contribution is 6.04. The highest BCUT2D eigenvalue weighted by Gasteiger charge is 2.32. The van der Waals surface area contributed by atoms with Gasteiger partial charge in [0.25, 0.3) is 11.5 Å². The number of nitrogens with one attached hydrogen (secondary N) is 3. The Bertz CT molecular complexity index is 1620. The van der Waals surface area contributed by atoms with Gasteiger partial charge in [-0.15, -0.1) is 5.10 Å². The molecule has 6 rings (SSSR count). The number of ether oxygens (including phenoxy) is 1. The molecule has 0 spiro atoms. The summed E-state index contributed by atoms with van der Waals surface area (Å²) in [6, 6.07) is 12.9. The minimum atomic E-state index is -0.728. The molecular formula is C27H24FN7O4. The molecule has 1 unspecified atom stereocenters. The first-order chi connectivity index (χ1) is 18.9. The van der Waals surface area contributed by atoms with Crippen molar-refractivity contribution in [2.45, 2.75) is 19.0 Å². The minimum Gasteiger partial charge on any atom is -0.435 e. The summed E-state index contributed by atoms with van der Waals surface area (Å²) in [7, 11) is 1.65. The first-order valence-electron chi connectivity index (χ1n) is 12.3. The van der Waals surface area contributed by atoms with E-state index in [0.717, 1.165) is 18.9 Å². The number of benzene rings is 2. The topological polar surface area (TPSA) is 122 Å². The van der Waals surface area contributed by atoms with Crippen LogP contribution < -0.4 is 26.2 Å². The lowest BCUT2D eigenvalue weighted by atomic mass is 10.2. The standard InChI is InChI=1S/C27H24FN7O4/c1-33-14-19(27(38)35(33)18-5-3-2-4-6-18)26(37)29-17-9-10-21(20(28)13-17)39-24-12-11-23-30-22(15-34(23)32-24)31-25(36)16-7-8-16/h2-6,9-16,23,30H,7-8H2,1H3,(H,29,37)(H,31,36). The second kappa shape index (κ2) is 9.63. The highest BCUT2D eigenvalue weighted by atomic mass is 19.1. The molecule has 11 nitrogen and oxygen atoms in total. The first kappa shape index (κ1) is 24.2. The maximum Gasteiger partial charge on any atom is 0.284 e. The number of halogens is 1. The number of amides is 2. The SMILES string of the molecule is Cn1cc(C(=O)Nc2ccc(OC3=NN4C=C(NC(=O)C5CC5)NC4C=C3)c(F)c2)c(=O)n1-c1ccccc1. The molecule has 3 aliphatic rings. The smallest absolute Gasteiger partial charge is 0.284 e. The first-order valence-corrected chi connectivity index (χ1v) is 12.3. The highest BCUT2D eigenvalue weighted by Crippen LogP contribution is 2.29. The van der Waals surface area contributed by atoms with E-state index in [1.807, 2.05) is 6.07 Å². The van der Waals surface area contributed by atoms with Crippen LogP contribution in [0.3, 0.4) is 0 Å². The number of aromatic nitrogens is 2. The number of nitrogens with zero attached hydrogens (tertiary/aromatic N) is 4. The Balaban J connectivity index is 1.12. The fourth-order valence-electron chi connectivity index (χ4n) is 4.28. The third-order valence-electron chi connectivity index (χ3n) is 6.39. The van der Waals surface area contributed by atoms with Crippen molar-refractivity contribution in [2.75, 3.05) is 5.32 Å². The zero-order valence-electron chi connectivity index (χ0n) is 20.8. The third-order valence-corrected chi connectivity index (χ3v) is 6.39. The van der Waals surface area contributed by atoms with Crippen molar-refractivity contribution in [3.05, 3.63) is 101 Å². The number of rotatable bonds is 6. The summed E-state index contributed by atoms with van der Waals surface area (Å²) in [5.74, 6) is -0.775. The van der Waals surface area contributed by atoms with Crippen molar-refractivity contribution < 1.29 is 18.7 Å². The summed E-state index contributed by atoms with van der Waals surface area (Å²) in [6.07, 6.45) is 7.93. The molecule has 1 saturated carbocycles. The van der Waals surface area contributed by atoms with Gasteiger partial charge in [0.05, 0.1) is 11.9 Å². The van der Waals surface area contributed by atoms with Crippen molar-refractivity contribution in [1.29, 1.82) is 0 Å². The molecule has 0 bridgehead atoms. The Morgan fingerprint density at radius 1 is 1.13 bits per heavy atom. The summed E-state index contributed by atoms with van der Waals surface area (Å²) in [5.41, 5.74) is 0.186. The Labute approximate surface area is 221 Å². The number of fused-ring (bicyclic) bond motifs is 1. The number of carbonyl (C=O) groups excluding carboxylic acids is 2. The Morgan fingerprint density at radius 3 is 2.67 bits per heavy atom. The summed E-state index contributed by atoms with van der Waals surface area (Å²) in [5, 5.41) is 14.4. The fraction of sp³-hybridized carbons (Fsp3) is 0.185. The van der Waals surface area contributed by atoms with E-state index in [1.165, 1.54) is 27.7 Å². The van der Waals surface area contributed by atoms with E-state index in [9.17, 15) is 18.8 Å². The van der Waals surface area contributed by atoms with E-state index in [0.29, 0.717) is 11.5 Å². The number of aryl methyl sites for hydroxylation is 1. The van der Waals surface area contributed by atoms with Crippen LogP contribution >= 0.6 is 0 Å². The van der Waals surface area contributed by atoms with Crippen molar-refractivity contribution in [1.82, 2.24) is 25.0 Å². The molecule has 0 saturated heterocycles. The van der Waals surface area contributed by atoms with Crippen LogP contribution in [0.2, 0.25) is 0 Å². The molecule has 198 valence electrons. The normalized spacial score (nSPS) is 17.6. The molecule has 1 atom stereocenters. The van der Waals surface area contributed by atoms with E-state index < -0.39 is 17.3 Å². The van der Waals surface area contributed by atoms with Crippen LogP contribution in [-0.2, 0) is 11.8 Å². The van der Waals surface area contributed by atoms with Gasteiger partial charge in [-0.2, -0.15) is 0 Å². The van der Waals surface area contributed by atoms with E-state index >= 15 is 0 Å². The molecular weight excluding hydrogens is 505 g/mol. The van der Waals surface area contributed by atoms with Gasteiger partial charge in [-0.25, -0.2) is 14.1 Å². The number of para-hydroxylation sites is 1. The van der Waals surface area contributed by atoms with Gasteiger partial charge in [0, 0.05) is 37.0 Å². The summed E-state index contributed by atoms with van der Waals surface area (Å²) in [6.45, 7) is 0. The third kappa shape index (κ3) is 4.91. The minimum absolute atomic E-state index is 0.0265. The second-order valence-corrected chi connectivity index (χ2v) is 9.34. The number of hydrazone groups is 1. The molecule has 1 aromatic heterocycles. The van der Waals surface area contributed by atoms with Crippen molar-refractivity contribution in [3.63, 3.8) is 0 Å². The zero-order chi connectivity index (χ0) is 27.1. The van der Waals surface area contributed by atoms with Crippen LogP contribution in [-0.4, -0.2) is 38.3 Å². The zero-order valence-corrected chi connectivity index (χ0v) is 20.8. The van der Waals surface area contributed by atoms with Crippen molar-refractivity contribution in [2.24, 2.45) is 18.1 Å². The maximum atomic E-state index is 14.9. The van der Waals surface area contributed by atoms with E-state index in [2.05, 4.69) is 21.1 Å². The Kier molecular flexibility index (Phi) is 5.98. The van der Waals surface area contributed by atoms with Gasteiger partial charge in [0.1, 0.15) is 17.6 Å². The van der Waals surface area contributed by atoms with Gasteiger partial charge >= 0.3 is 0 Å². The predicted octanol–water partition coefficient (Wildman–Crippen LogP) is 2.39. The van der Waals surface area contributed by atoms with Gasteiger partial charge in [0.15, 0.2) is 11.6 Å². The lowest BCUT2D eigenvalue weighted by Gasteiger charge is -2.22. The number of hydrogen-bond donors (Lipinski definition) is 3. The molecule has 2 aromatic carbocycles. The van der Waals surface area contributed by atoms with E-state index in [-0.39, 0.29) is 40.9 Å². The van der Waals surface area contributed by atoms with E-state index in [4.69, 9.17) is 4.74 Å². The van der Waals surface area contributed by atoms with Crippen LogP contribution in [0, 0.1) is 11.7 Å². The number of hydrogen-bond acceptors (Lipinski definition) is 7. The molecule has 2 aliphatic heterocycles. The average Bonchev–Trinajstić information content (AvgIpc) is 3.63. The Morgan fingerprint density at radius 2 is 1.92 bits per heavy atom. The molecule has 1 fully saturated rings. The molecule has 3 aromatic rings. The van der Waals surface area contributed by atoms with Gasteiger partial charge in [-0.3, -0.25) is 19.1 Å². The lowest BCUT2D eigenvalue weighted by molar-refractivity contribution is -0.121. The summed E-state index contributed by atoms with van der Waals surface area (Å²) in [4.78, 5) is 37.7. The molecule has 2 amide bonds. The summed E-state index contributed by atoms with van der Waals surface area (Å²) < 4.78 is 23.4. The van der Waals surface area contributed by atoms with Crippen LogP contribution in [0.25, 0.3) is 5.69 Å². The van der Waals surface area contributed by atoms with Crippen LogP contribution in [0.1, 0.15) is 23.2 Å². The molecule has 39 heavy (non-hydrogen) atoms. The monoisotopic (exact) mass is 529 g/mol. The van der Waals surface area contributed by atoms with E-state index in [1.54, 1.807) is 54.7 Å². The quantitative estimate of drug-likeness (QED) is 0.451. The Hall–Kier alpha value is -5.13. The number of anilines is 1. The van der Waals surface area contributed by atoms with Crippen LogP contribution in [0.5, 0.6) is 5.75 Å². The second-order valence-electron chi connectivity index (χ2n) is 9.34. The van der Waals surface area contributed by atoms with Crippen molar-refractivity contribution in [3.8, 4) is 11.4 Å². The van der Waals surface area contributed by atoms with Gasteiger partial charge < -0.3 is 20.7 Å². The van der Waals surface area contributed by atoms with Gasteiger partial charge in [0.2, 0.25) is 11.8 Å². The van der Waals surface area contributed by atoms with Crippen LogP contribution in [0.15, 0.2) is 88.8 Å². The van der Waals surface area contributed by atoms with Crippen LogP contribution in [0.4, 0.5) is 10.1 Å². The van der Waals surface area contributed by atoms with Crippen molar-refractivity contribution >= 4 is 23.4 Å². The number of carbonyl (C=O) groups is 2. The molecule has 3 heterocycles. The molecule has 12 heteroatoms. The molecule has 0 radical (unpaired) electrons. The average molecular weight is 530 g/mol. The molecule has 1 aliphatic carbocycles. The summed E-state index contributed by atoms with van der Waals surface area (Å²) >= 11 is 0. The molecule has 3 N–H and O–H groups in total.